The van der Waals surface area contributed by atoms with E-state index >= 15 is 0 Å². The van der Waals surface area contributed by atoms with E-state index in [1.807, 2.05) is 37.4 Å². The second-order valence-electron chi connectivity index (χ2n) is 8.92. The van der Waals surface area contributed by atoms with Crippen molar-refractivity contribution in [2.45, 2.75) is 38.8 Å². The predicted octanol–water partition coefficient (Wildman–Crippen LogP) is 3.70. The van der Waals surface area contributed by atoms with Gasteiger partial charge in [-0.1, -0.05) is 18.2 Å². The van der Waals surface area contributed by atoms with Gasteiger partial charge in [0, 0.05) is 48.8 Å². The number of esters is 1. The fourth-order valence-electron chi connectivity index (χ4n) is 4.47. The van der Waals surface area contributed by atoms with Gasteiger partial charge in [-0.25, -0.2) is 9.78 Å². The Labute approximate surface area is 215 Å². The number of rotatable bonds is 12. The Bertz CT molecular complexity index is 1390. The number of methoxy groups -OCH3 is 2. The number of hydrogen-bond donors (Lipinski definition) is 4. The molecule has 1 amide bonds. The third-order valence-electron chi connectivity index (χ3n) is 6.33. The number of para-hydroxylation sites is 1. The standard InChI is InChI=1S/C27H33N5O5/c1-17(9-12-33)30-19-14-21-24(31-23(34)10-13-36-2)25(27(35)37-3)32(26(21)29-16-19)11-8-18-15-28-22-7-5-4-6-20(18)22/h4-7,14-17,28,30,33H,8-13H2,1-3H3,(H,31,34)/t17-/m1/s1. The SMILES string of the molecule is COCCC(=O)Nc1c(C(=O)OC)n(CCc2c[nH]c3ccccc23)c2ncc(N[C@H](C)CCO)cc12. The first-order valence-electron chi connectivity index (χ1n) is 12.3. The third kappa shape index (κ3) is 5.76. The molecule has 4 aromatic rings. The molecule has 0 spiro atoms. The maximum absolute atomic E-state index is 13.0. The molecule has 4 N–H and O–H groups in total. The van der Waals surface area contributed by atoms with Gasteiger partial charge in [-0.3, -0.25) is 4.79 Å². The molecule has 37 heavy (non-hydrogen) atoms. The van der Waals surface area contributed by atoms with Crippen LogP contribution in [-0.2, 0) is 27.2 Å². The third-order valence-corrected chi connectivity index (χ3v) is 6.33. The predicted molar refractivity (Wildman–Crippen MR) is 143 cm³/mol. The van der Waals surface area contributed by atoms with Crippen LogP contribution in [-0.4, -0.2) is 65.0 Å². The number of H-pyrrole nitrogens is 1. The summed E-state index contributed by atoms with van der Waals surface area (Å²) in [6.07, 6.45) is 5.00. The van der Waals surface area contributed by atoms with Crippen LogP contribution < -0.4 is 10.6 Å². The molecule has 0 aliphatic rings. The van der Waals surface area contributed by atoms with Crippen LogP contribution in [0.25, 0.3) is 21.9 Å². The van der Waals surface area contributed by atoms with Gasteiger partial charge in [0.05, 0.1) is 37.7 Å². The maximum Gasteiger partial charge on any atom is 0.356 e. The Kier molecular flexibility index (Phi) is 8.42. The van der Waals surface area contributed by atoms with Crippen LogP contribution in [0.3, 0.4) is 0 Å². The molecule has 10 heteroatoms. The number of ether oxygens (including phenoxy) is 2. The number of pyridine rings is 1. The number of nitrogens with zero attached hydrogens (tertiary/aromatic N) is 2. The lowest BCUT2D eigenvalue weighted by molar-refractivity contribution is -0.117. The molecule has 0 unspecified atom stereocenters. The van der Waals surface area contributed by atoms with Crippen LogP contribution in [0.4, 0.5) is 11.4 Å². The number of benzene rings is 1. The fraction of sp³-hybridized carbons (Fsp3) is 0.370. The van der Waals surface area contributed by atoms with Crippen LogP contribution in [0, 0.1) is 0 Å². The van der Waals surface area contributed by atoms with E-state index in [0.29, 0.717) is 41.8 Å². The zero-order valence-corrected chi connectivity index (χ0v) is 21.3. The van der Waals surface area contributed by atoms with Crippen molar-refractivity contribution in [3.05, 3.63) is 54.0 Å². The van der Waals surface area contributed by atoms with E-state index in [2.05, 4.69) is 26.7 Å². The first-order chi connectivity index (χ1) is 18.0. The number of hydrogen-bond acceptors (Lipinski definition) is 7. The van der Waals surface area contributed by atoms with Gasteiger partial charge < -0.3 is 34.8 Å². The lowest BCUT2D eigenvalue weighted by atomic mass is 10.1. The number of aliphatic hydroxyl groups is 1. The van der Waals surface area contributed by atoms with Gasteiger partial charge in [0.2, 0.25) is 5.91 Å². The van der Waals surface area contributed by atoms with Crippen molar-refractivity contribution in [3.63, 3.8) is 0 Å². The van der Waals surface area contributed by atoms with Gasteiger partial charge in [0.15, 0.2) is 5.69 Å². The fourth-order valence-corrected chi connectivity index (χ4v) is 4.47. The molecule has 1 atom stereocenters. The number of aryl methyl sites for hydroxylation is 2. The van der Waals surface area contributed by atoms with E-state index in [1.54, 1.807) is 10.8 Å². The maximum atomic E-state index is 13.0. The summed E-state index contributed by atoms with van der Waals surface area (Å²) in [5.41, 5.74) is 4.01. The highest BCUT2D eigenvalue weighted by molar-refractivity contribution is 6.11. The molecule has 0 aliphatic carbocycles. The number of carbonyl (C=O) groups excluding carboxylic acids is 2. The summed E-state index contributed by atoms with van der Waals surface area (Å²) >= 11 is 0. The average molecular weight is 508 g/mol. The monoisotopic (exact) mass is 507 g/mol. The minimum absolute atomic E-state index is 0.00743. The number of amides is 1. The summed E-state index contributed by atoms with van der Waals surface area (Å²) in [5.74, 6) is -0.850. The van der Waals surface area contributed by atoms with Crippen LogP contribution in [0.15, 0.2) is 42.7 Å². The van der Waals surface area contributed by atoms with Gasteiger partial charge in [0.25, 0.3) is 0 Å². The first-order valence-corrected chi connectivity index (χ1v) is 12.3. The molecule has 10 nitrogen and oxygen atoms in total. The lowest BCUT2D eigenvalue weighted by Gasteiger charge is -2.14. The highest BCUT2D eigenvalue weighted by Gasteiger charge is 2.26. The Hall–Kier alpha value is -3.89. The van der Waals surface area contributed by atoms with Gasteiger partial charge in [-0.15, -0.1) is 0 Å². The van der Waals surface area contributed by atoms with E-state index in [4.69, 9.17) is 9.47 Å². The minimum Gasteiger partial charge on any atom is -0.464 e. The van der Waals surface area contributed by atoms with Crippen molar-refractivity contribution in [3.8, 4) is 0 Å². The van der Waals surface area contributed by atoms with Crippen LogP contribution in [0.5, 0.6) is 0 Å². The van der Waals surface area contributed by atoms with Crippen molar-refractivity contribution in [2.24, 2.45) is 0 Å². The second kappa shape index (κ2) is 11.9. The highest BCUT2D eigenvalue weighted by atomic mass is 16.5. The van der Waals surface area contributed by atoms with Crippen LogP contribution in [0.1, 0.15) is 35.8 Å². The van der Waals surface area contributed by atoms with Crippen molar-refractivity contribution in [2.75, 3.05) is 38.1 Å². The van der Waals surface area contributed by atoms with E-state index in [-0.39, 0.29) is 37.3 Å². The van der Waals surface area contributed by atoms with Crippen molar-refractivity contribution >= 4 is 45.2 Å². The molecule has 0 radical (unpaired) electrons. The molecule has 4 rings (SSSR count). The molecular weight excluding hydrogens is 474 g/mol. The van der Waals surface area contributed by atoms with Crippen molar-refractivity contribution < 1.29 is 24.2 Å². The molecule has 3 heterocycles. The van der Waals surface area contributed by atoms with Gasteiger partial charge in [-0.2, -0.15) is 0 Å². The molecule has 0 fully saturated rings. The summed E-state index contributed by atoms with van der Waals surface area (Å²) < 4.78 is 12.0. The first kappa shape index (κ1) is 26.2. The largest absolute Gasteiger partial charge is 0.464 e. The Morgan fingerprint density at radius 3 is 2.78 bits per heavy atom. The zero-order chi connectivity index (χ0) is 26.4. The molecule has 0 saturated heterocycles. The second-order valence-corrected chi connectivity index (χ2v) is 8.92. The van der Waals surface area contributed by atoms with Gasteiger partial charge in [-0.05, 0) is 37.5 Å². The molecule has 3 aromatic heterocycles. The molecule has 196 valence electrons. The van der Waals surface area contributed by atoms with E-state index in [9.17, 15) is 14.7 Å². The van der Waals surface area contributed by atoms with Crippen LogP contribution >= 0.6 is 0 Å². The molecular formula is C27H33N5O5. The number of aliphatic hydroxyl groups excluding tert-OH is 1. The van der Waals surface area contributed by atoms with Gasteiger partial charge >= 0.3 is 5.97 Å². The Balaban J connectivity index is 1.78. The van der Waals surface area contributed by atoms with Crippen molar-refractivity contribution in [1.82, 2.24) is 14.5 Å². The summed E-state index contributed by atoms with van der Waals surface area (Å²) in [6.45, 7) is 2.71. The topological polar surface area (TPSA) is 130 Å². The smallest absolute Gasteiger partial charge is 0.356 e. The Morgan fingerprint density at radius 1 is 1.22 bits per heavy atom. The van der Waals surface area contributed by atoms with E-state index in [1.165, 1.54) is 14.2 Å². The number of fused-ring (bicyclic) bond motifs is 2. The van der Waals surface area contributed by atoms with E-state index < -0.39 is 5.97 Å². The normalized spacial score (nSPS) is 12.1. The summed E-state index contributed by atoms with van der Waals surface area (Å²) in [4.78, 5) is 33.7. The molecule has 0 saturated carbocycles. The van der Waals surface area contributed by atoms with Gasteiger partial charge in [0.1, 0.15) is 5.65 Å². The summed E-state index contributed by atoms with van der Waals surface area (Å²) in [5, 5.41) is 17.2. The number of carbonyl (C=O) groups is 2. The highest BCUT2D eigenvalue weighted by Crippen LogP contribution is 2.33. The summed E-state index contributed by atoms with van der Waals surface area (Å²) in [7, 11) is 2.84. The minimum atomic E-state index is -0.567. The average Bonchev–Trinajstić information content (AvgIpc) is 3.44. The zero-order valence-electron chi connectivity index (χ0n) is 21.3. The number of aromatic amines is 1. The Morgan fingerprint density at radius 2 is 2.03 bits per heavy atom. The molecule has 0 bridgehead atoms. The van der Waals surface area contributed by atoms with Crippen LogP contribution in [0.2, 0.25) is 0 Å². The summed E-state index contributed by atoms with van der Waals surface area (Å²) in [6, 6.07) is 9.91. The number of nitrogens with one attached hydrogen (secondary N) is 3. The van der Waals surface area contributed by atoms with E-state index in [0.717, 1.165) is 16.5 Å². The lowest BCUT2D eigenvalue weighted by Crippen LogP contribution is -2.18. The molecule has 0 aliphatic heterocycles. The molecule has 1 aromatic carbocycles. The quantitative estimate of drug-likeness (QED) is 0.215. The van der Waals surface area contributed by atoms with Crippen molar-refractivity contribution in [1.29, 1.82) is 0 Å². The number of anilines is 2. The number of aromatic nitrogens is 3.